The van der Waals surface area contributed by atoms with Gasteiger partial charge in [-0.2, -0.15) is 0 Å². The summed E-state index contributed by atoms with van der Waals surface area (Å²) in [6, 6.07) is 4.39. The maximum Gasteiger partial charge on any atom is 0.201 e. The van der Waals surface area contributed by atoms with Crippen LogP contribution in [0.5, 0.6) is 0 Å². The van der Waals surface area contributed by atoms with E-state index < -0.39 is 0 Å². The van der Waals surface area contributed by atoms with Gasteiger partial charge in [0.25, 0.3) is 0 Å². The lowest BCUT2D eigenvalue weighted by Crippen LogP contribution is -2.03. The summed E-state index contributed by atoms with van der Waals surface area (Å²) in [5.41, 5.74) is 1.93. The van der Waals surface area contributed by atoms with E-state index in [0.29, 0.717) is 22.4 Å². The van der Waals surface area contributed by atoms with Crippen LogP contribution in [0.25, 0.3) is 21.9 Å². The molecule has 3 aromatic rings. The lowest BCUT2D eigenvalue weighted by molar-refractivity contribution is 0.0959. The van der Waals surface area contributed by atoms with E-state index in [1.807, 2.05) is 0 Å². The Morgan fingerprint density at radius 1 is 1.37 bits per heavy atom. The Morgan fingerprint density at radius 2 is 2.21 bits per heavy atom. The summed E-state index contributed by atoms with van der Waals surface area (Å²) in [5, 5.41) is 0.755. The number of imidazole rings is 1. The Bertz CT molecular complexity index is 820. The molecular formula is C14H10FN3O. The number of nitrogens with one attached hydrogen (secondary N) is 1. The molecule has 5 heteroatoms. The van der Waals surface area contributed by atoms with Crippen LogP contribution >= 0.6 is 0 Å². The molecule has 19 heavy (non-hydrogen) atoms. The summed E-state index contributed by atoms with van der Waals surface area (Å²) >= 11 is 0. The fourth-order valence-electron chi connectivity index (χ4n) is 2.29. The van der Waals surface area contributed by atoms with Crippen molar-refractivity contribution >= 4 is 27.7 Å². The van der Waals surface area contributed by atoms with Crippen molar-refractivity contribution in [3.63, 3.8) is 0 Å². The van der Waals surface area contributed by atoms with Crippen LogP contribution in [0.3, 0.4) is 0 Å². The van der Waals surface area contributed by atoms with Crippen molar-refractivity contribution in [2.24, 2.45) is 5.92 Å². The quantitative estimate of drug-likeness (QED) is 0.716. The number of carbonyl (C=O) groups is 1. The molecule has 1 fully saturated rings. The van der Waals surface area contributed by atoms with Crippen molar-refractivity contribution in [3.8, 4) is 0 Å². The number of H-pyrrole nitrogens is 1. The van der Waals surface area contributed by atoms with Gasteiger partial charge in [-0.15, -0.1) is 0 Å². The van der Waals surface area contributed by atoms with Crippen molar-refractivity contribution in [1.82, 2.24) is 15.0 Å². The van der Waals surface area contributed by atoms with Gasteiger partial charge in [0.15, 0.2) is 5.82 Å². The van der Waals surface area contributed by atoms with Crippen molar-refractivity contribution in [2.75, 3.05) is 0 Å². The Hall–Kier alpha value is -2.30. The molecule has 1 aromatic carbocycles. The number of aromatic amines is 1. The average molecular weight is 255 g/mol. The zero-order valence-corrected chi connectivity index (χ0v) is 9.98. The first kappa shape index (κ1) is 10.6. The molecular weight excluding hydrogens is 245 g/mol. The number of carbonyl (C=O) groups excluding carboxylic acids is 1. The van der Waals surface area contributed by atoms with E-state index in [-0.39, 0.29) is 17.5 Å². The van der Waals surface area contributed by atoms with E-state index in [9.17, 15) is 9.18 Å². The Labute approximate surface area is 107 Å². The molecule has 1 aliphatic carbocycles. The molecule has 0 saturated heterocycles. The van der Waals surface area contributed by atoms with Crippen molar-refractivity contribution in [2.45, 2.75) is 12.8 Å². The molecule has 1 N–H and O–H groups in total. The summed E-state index contributed by atoms with van der Waals surface area (Å²) < 4.78 is 13.2. The van der Waals surface area contributed by atoms with Gasteiger partial charge in [-0.3, -0.25) is 9.78 Å². The lowest BCUT2D eigenvalue weighted by Gasteiger charge is -1.97. The van der Waals surface area contributed by atoms with Gasteiger partial charge in [-0.1, -0.05) is 0 Å². The normalized spacial score (nSPS) is 15.2. The highest BCUT2D eigenvalue weighted by Crippen LogP contribution is 2.32. The smallest absolute Gasteiger partial charge is 0.201 e. The third-order valence-electron chi connectivity index (χ3n) is 3.46. The molecule has 0 atom stereocenters. The molecule has 0 spiro atoms. The number of fused-ring (bicyclic) bond motifs is 3. The van der Waals surface area contributed by atoms with Crippen LogP contribution in [0.2, 0.25) is 0 Å². The van der Waals surface area contributed by atoms with Crippen molar-refractivity contribution < 1.29 is 9.18 Å². The van der Waals surface area contributed by atoms with E-state index in [1.165, 1.54) is 12.1 Å². The molecule has 2 aromatic heterocycles. The first-order valence-corrected chi connectivity index (χ1v) is 6.20. The minimum Gasteiger partial charge on any atom is -0.334 e. The molecule has 0 radical (unpaired) electrons. The molecule has 2 heterocycles. The number of ketones is 1. The number of Topliss-reactive ketones (excluding diaryl/α,β-unsaturated/α-hetero) is 1. The molecule has 0 amide bonds. The number of hydrogen-bond donors (Lipinski definition) is 1. The second-order valence-electron chi connectivity index (χ2n) is 4.91. The van der Waals surface area contributed by atoms with Crippen LogP contribution in [0.4, 0.5) is 4.39 Å². The number of aromatic nitrogens is 3. The van der Waals surface area contributed by atoms with E-state index in [4.69, 9.17) is 0 Å². The van der Waals surface area contributed by atoms with Gasteiger partial charge in [0.1, 0.15) is 11.3 Å². The standard InChI is InChI=1S/C14H10FN3O/c15-8-3-4-9-10(5-8)16-6-11-12(9)18-14(17-11)13(19)7-1-2-7/h3-7H,1-2H2,(H,17,18). The van der Waals surface area contributed by atoms with E-state index in [0.717, 1.165) is 18.2 Å². The summed E-state index contributed by atoms with van der Waals surface area (Å²) in [6.45, 7) is 0. The van der Waals surface area contributed by atoms with Gasteiger partial charge in [0.05, 0.1) is 17.2 Å². The number of hydrogen-bond acceptors (Lipinski definition) is 3. The fourth-order valence-corrected chi connectivity index (χ4v) is 2.29. The summed E-state index contributed by atoms with van der Waals surface area (Å²) in [6.07, 6.45) is 3.48. The van der Waals surface area contributed by atoms with Gasteiger partial charge >= 0.3 is 0 Å². The molecule has 94 valence electrons. The van der Waals surface area contributed by atoms with Crippen LogP contribution in [0.1, 0.15) is 23.5 Å². The molecule has 0 unspecified atom stereocenters. The maximum absolute atomic E-state index is 13.2. The molecule has 4 rings (SSSR count). The predicted molar refractivity (Wildman–Crippen MR) is 68.4 cm³/mol. The number of rotatable bonds is 2. The highest BCUT2D eigenvalue weighted by molar-refractivity contribution is 6.05. The van der Waals surface area contributed by atoms with Crippen LogP contribution in [-0.4, -0.2) is 20.7 Å². The third kappa shape index (κ3) is 1.62. The molecule has 1 aliphatic rings. The van der Waals surface area contributed by atoms with Crippen LogP contribution in [0.15, 0.2) is 24.4 Å². The van der Waals surface area contributed by atoms with E-state index in [2.05, 4.69) is 15.0 Å². The Balaban J connectivity index is 1.97. The molecule has 0 aliphatic heterocycles. The van der Waals surface area contributed by atoms with Gasteiger partial charge in [0.2, 0.25) is 5.78 Å². The Kier molecular flexibility index (Phi) is 2.01. The fraction of sp³-hybridized carbons (Fsp3) is 0.214. The zero-order valence-electron chi connectivity index (χ0n) is 9.98. The Morgan fingerprint density at radius 3 is 3.00 bits per heavy atom. The predicted octanol–water partition coefficient (Wildman–Crippen LogP) is 2.84. The SMILES string of the molecule is O=C(c1nc2c(cnc3cc(F)ccc32)[nH]1)C1CC1. The average Bonchev–Trinajstić information content (AvgIpc) is 3.16. The minimum absolute atomic E-state index is 0.0615. The second kappa shape index (κ2) is 3.60. The highest BCUT2D eigenvalue weighted by atomic mass is 19.1. The van der Waals surface area contributed by atoms with Crippen molar-refractivity contribution in [1.29, 1.82) is 0 Å². The summed E-state index contributed by atoms with van der Waals surface area (Å²) in [5.74, 6) is 0.240. The van der Waals surface area contributed by atoms with E-state index >= 15 is 0 Å². The minimum atomic E-state index is -0.329. The van der Waals surface area contributed by atoms with Gasteiger partial charge in [-0.05, 0) is 25.0 Å². The van der Waals surface area contributed by atoms with Crippen molar-refractivity contribution in [3.05, 3.63) is 36.0 Å². The summed E-state index contributed by atoms with van der Waals surface area (Å²) in [4.78, 5) is 23.5. The van der Waals surface area contributed by atoms with Gasteiger partial charge in [-0.25, -0.2) is 9.37 Å². The molecule has 4 nitrogen and oxygen atoms in total. The van der Waals surface area contributed by atoms with Crippen LogP contribution in [0, 0.1) is 11.7 Å². The largest absolute Gasteiger partial charge is 0.334 e. The first-order valence-electron chi connectivity index (χ1n) is 6.20. The van der Waals surface area contributed by atoms with Gasteiger partial charge < -0.3 is 4.98 Å². The van der Waals surface area contributed by atoms with Crippen LogP contribution in [-0.2, 0) is 0 Å². The first-order chi connectivity index (χ1) is 9.22. The maximum atomic E-state index is 13.2. The van der Waals surface area contributed by atoms with Gasteiger partial charge in [0, 0.05) is 17.4 Å². The molecule has 1 saturated carbocycles. The monoisotopic (exact) mass is 255 g/mol. The molecule has 0 bridgehead atoms. The highest BCUT2D eigenvalue weighted by Gasteiger charge is 2.32. The van der Waals surface area contributed by atoms with Crippen LogP contribution < -0.4 is 0 Å². The lowest BCUT2D eigenvalue weighted by atomic mass is 10.2. The number of halogens is 1. The zero-order chi connectivity index (χ0) is 13.0. The number of pyridine rings is 1. The topological polar surface area (TPSA) is 58.6 Å². The summed E-state index contributed by atoms with van der Waals surface area (Å²) in [7, 11) is 0. The number of nitrogens with zero attached hydrogens (tertiary/aromatic N) is 2. The number of benzene rings is 1. The third-order valence-corrected chi connectivity index (χ3v) is 3.46. The second-order valence-corrected chi connectivity index (χ2v) is 4.91. The van der Waals surface area contributed by atoms with E-state index in [1.54, 1.807) is 12.3 Å².